The Morgan fingerprint density at radius 2 is 2.07 bits per heavy atom. The lowest BCUT2D eigenvalue weighted by Crippen LogP contribution is -2.52. The van der Waals surface area contributed by atoms with Crippen molar-refractivity contribution in [2.75, 3.05) is 7.05 Å². The van der Waals surface area contributed by atoms with E-state index in [2.05, 4.69) is 0 Å². The normalized spacial score (nSPS) is 25.0. The molecule has 0 heterocycles. The van der Waals surface area contributed by atoms with Crippen LogP contribution in [-0.2, 0) is 4.79 Å². The van der Waals surface area contributed by atoms with Gasteiger partial charge in [0.05, 0.1) is 0 Å². The van der Waals surface area contributed by atoms with Crippen molar-refractivity contribution in [3.05, 3.63) is 0 Å². The second kappa shape index (κ2) is 3.54. The zero-order valence-corrected chi connectivity index (χ0v) is 8.96. The fraction of sp³-hybridized carbons (Fsp3) is 0.909. The summed E-state index contributed by atoms with van der Waals surface area (Å²) >= 11 is 0. The zero-order valence-electron chi connectivity index (χ0n) is 8.96. The molecule has 0 saturated heterocycles. The summed E-state index contributed by atoms with van der Waals surface area (Å²) in [6, 6.07) is 0.506. The lowest BCUT2D eigenvalue weighted by molar-refractivity contribution is -0.135. The number of hydrogen-bond donors (Lipinski definition) is 1. The molecule has 1 amide bonds. The van der Waals surface area contributed by atoms with E-state index in [1.807, 2.05) is 11.9 Å². The van der Waals surface area contributed by atoms with E-state index in [4.69, 9.17) is 5.73 Å². The predicted octanol–water partition coefficient (Wildman–Crippen LogP) is 1.27. The summed E-state index contributed by atoms with van der Waals surface area (Å²) in [5.41, 5.74) is 5.90. The van der Waals surface area contributed by atoms with E-state index in [1.54, 1.807) is 0 Å². The first-order chi connectivity index (χ1) is 6.61. The van der Waals surface area contributed by atoms with Gasteiger partial charge in [0.1, 0.15) is 0 Å². The topological polar surface area (TPSA) is 46.3 Å². The fourth-order valence-electron chi connectivity index (χ4n) is 2.21. The van der Waals surface area contributed by atoms with Crippen molar-refractivity contribution < 1.29 is 4.79 Å². The van der Waals surface area contributed by atoms with Gasteiger partial charge in [-0.25, -0.2) is 0 Å². The van der Waals surface area contributed by atoms with Gasteiger partial charge in [-0.3, -0.25) is 4.79 Å². The van der Waals surface area contributed by atoms with Crippen LogP contribution in [0.3, 0.4) is 0 Å². The molecule has 2 rings (SSSR count). The second-order valence-corrected chi connectivity index (χ2v) is 4.98. The van der Waals surface area contributed by atoms with Crippen LogP contribution < -0.4 is 5.73 Å². The molecule has 3 nitrogen and oxygen atoms in total. The van der Waals surface area contributed by atoms with Crippen molar-refractivity contribution in [3.63, 3.8) is 0 Å². The molecule has 2 aliphatic rings. The minimum atomic E-state index is -0.158. The average Bonchev–Trinajstić information content (AvgIpc) is 1.98. The Labute approximate surface area is 85.6 Å². The number of hydrogen-bond acceptors (Lipinski definition) is 2. The number of nitrogens with zero attached hydrogens (tertiary/aromatic N) is 1. The van der Waals surface area contributed by atoms with Gasteiger partial charge in [0, 0.05) is 25.0 Å². The third-order valence-corrected chi connectivity index (χ3v) is 3.87. The van der Waals surface area contributed by atoms with Crippen LogP contribution in [0, 0.1) is 0 Å². The quantitative estimate of drug-likeness (QED) is 0.739. The highest BCUT2D eigenvalue weighted by Gasteiger charge is 2.37. The molecule has 0 aromatic carbocycles. The molecule has 0 bridgehead atoms. The highest BCUT2D eigenvalue weighted by atomic mass is 16.2. The maximum absolute atomic E-state index is 11.8. The first-order valence-corrected chi connectivity index (χ1v) is 5.65. The van der Waals surface area contributed by atoms with Crippen LogP contribution in [0.25, 0.3) is 0 Å². The minimum Gasteiger partial charge on any atom is -0.343 e. The zero-order chi connectivity index (χ0) is 10.2. The monoisotopic (exact) mass is 196 g/mol. The van der Waals surface area contributed by atoms with Gasteiger partial charge in [0.15, 0.2) is 0 Å². The van der Waals surface area contributed by atoms with Crippen molar-refractivity contribution in [2.45, 2.75) is 56.5 Å². The third-order valence-electron chi connectivity index (χ3n) is 3.87. The number of carbonyl (C=O) groups is 1. The fourth-order valence-corrected chi connectivity index (χ4v) is 2.21. The van der Waals surface area contributed by atoms with Crippen molar-refractivity contribution in [3.8, 4) is 0 Å². The standard InChI is InChI=1S/C11H20N2O/c1-13(9-4-2-5-9)10(14)8-11(12)6-3-7-11/h9H,2-8,12H2,1H3. The average molecular weight is 196 g/mol. The van der Waals surface area contributed by atoms with Gasteiger partial charge >= 0.3 is 0 Å². The first-order valence-electron chi connectivity index (χ1n) is 5.65. The lowest BCUT2D eigenvalue weighted by Gasteiger charge is -2.41. The van der Waals surface area contributed by atoms with Gasteiger partial charge in [-0.15, -0.1) is 0 Å². The Morgan fingerprint density at radius 3 is 2.43 bits per heavy atom. The van der Waals surface area contributed by atoms with Crippen LogP contribution in [0.2, 0.25) is 0 Å². The Kier molecular flexibility index (Phi) is 2.52. The molecule has 2 saturated carbocycles. The van der Waals surface area contributed by atoms with E-state index in [9.17, 15) is 4.79 Å². The van der Waals surface area contributed by atoms with Crippen molar-refractivity contribution >= 4 is 5.91 Å². The Hall–Kier alpha value is -0.570. The van der Waals surface area contributed by atoms with Crippen molar-refractivity contribution in [1.29, 1.82) is 0 Å². The SMILES string of the molecule is CN(C(=O)CC1(N)CCC1)C1CCC1. The third kappa shape index (κ3) is 1.78. The van der Waals surface area contributed by atoms with Gasteiger partial charge in [0.25, 0.3) is 0 Å². The van der Waals surface area contributed by atoms with Crippen LogP contribution in [0.5, 0.6) is 0 Å². The summed E-state index contributed by atoms with van der Waals surface area (Å²) in [7, 11) is 1.92. The highest BCUT2D eigenvalue weighted by Crippen LogP contribution is 2.33. The summed E-state index contributed by atoms with van der Waals surface area (Å²) in [5.74, 6) is 0.247. The van der Waals surface area contributed by atoms with Gasteiger partial charge in [-0.1, -0.05) is 0 Å². The van der Waals surface area contributed by atoms with Crippen molar-refractivity contribution in [1.82, 2.24) is 4.90 Å². The number of carbonyl (C=O) groups excluding carboxylic acids is 1. The van der Waals surface area contributed by atoms with Crippen LogP contribution in [0.1, 0.15) is 44.9 Å². The molecule has 0 atom stereocenters. The molecule has 80 valence electrons. The second-order valence-electron chi connectivity index (χ2n) is 4.98. The van der Waals surface area contributed by atoms with E-state index in [0.29, 0.717) is 12.5 Å². The van der Waals surface area contributed by atoms with Crippen molar-refractivity contribution in [2.24, 2.45) is 5.73 Å². The first kappa shape index (κ1) is 9.97. The summed E-state index contributed by atoms with van der Waals surface area (Å²) in [5, 5.41) is 0. The maximum Gasteiger partial charge on any atom is 0.224 e. The van der Waals surface area contributed by atoms with Crippen LogP contribution in [-0.4, -0.2) is 29.4 Å². The number of rotatable bonds is 3. The van der Waals surface area contributed by atoms with Crippen LogP contribution >= 0.6 is 0 Å². The van der Waals surface area contributed by atoms with E-state index >= 15 is 0 Å². The van der Waals surface area contributed by atoms with E-state index in [-0.39, 0.29) is 11.4 Å². The molecule has 0 aliphatic heterocycles. The summed E-state index contributed by atoms with van der Waals surface area (Å²) in [4.78, 5) is 13.7. The Bertz CT molecular complexity index is 231. The molecule has 2 N–H and O–H groups in total. The molecule has 2 fully saturated rings. The Morgan fingerprint density at radius 1 is 1.43 bits per heavy atom. The lowest BCUT2D eigenvalue weighted by atomic mass is 9.75. The predicted molar refractivity (Wildman–Crippen MR) is 55.8 cm³/mol. The summed E-state index contributed by atoms with van der Waals surface area (Å²) in [6.45, 7) is 0. The van der Waals surface area contributed by atoms with Gasteiger partial charge in [-0.05, 0) is 38.5 Å². The molecule has 14 heavy (non-hydrogen) atoms. The Balaban J connectivity index is 1.81. The van der Waals surface area contributed by atoms with Crippen LogP contribution in [0.4, 0.5) is 0 Å². The smallest absolute Gasteiger partial charge is 0.224 e. The van der Waals surface area contributed by atoms with Gasteiger partial charge in [0.2, 0.25) is 5.91 Å². The maximum atomic E-state index is 11.8. The molecular weight excluding hydrogens is 176 g/mol. The molecule has 0 spiro atoms. The number of nitrogens with two attached hydrogens (primary N) is 1. The van der Waals surface area contributed by atoms with Crippen LogP contribution in [0.15, 0.2) is 0 Å². The molecular formula is C11H20N2O. The highest BCUT2D eigenvalue weighted by molar-refractivity contribution is 5.77. The van der Waals surface area contributed by atoms with E-state index in [0.717, 1.165) is 12.8 Å². The molecule has 3 heteroatoms. The molecule has 0 unspecified atom stereocenters. The molecule has 0 aromatic rings. The molecule has 2 aliphatic carbocycles. The minimum absolute atomic E-state index is 0.158. The van der Waals surface area contributed by atoms with E-state index < -0.39 is 0 Å². The van der Waals surface area contributed by atoms with Gasteiger partial charge < -0.3 is 10.6 Å². The summed E-state index contributed by atoms with van der Waals surface area (Å²) in [6.07, 6.45) is 7.43. The molecule has 0 aromatic heterocycles. The number of amides is 1. The largest absolute Gasteiger partial charge is 0.343 e. The molecule has 0 radical (unpaired) electrons. The van der Waals surface area contributed by atoms with E-state index in [1.165, 1.54) is 25.7 Å². The summed E-state index contributed by atoms with van der Waals surface area (Å²) < 4.78 is 0. The van der Waals surface area contributed by atoms with Gasteiger partial charge in [-0.2, -0.15) is 0 Å².